The average Bonchev–Trinajstić information content (AvgIpc) is 2.60. The minimum atomic E-state index is -0.422. The number of aliphatic hydroxyl groups is 2. The lowest BCUT2D eigenvalue weighted by Crippen LogP contribution is -2.49. The number of hydrogen-bond acceptors (Lipinski definition) is 6. The molecule has 0 aromatic heterocycles. The van der Waals surface area contributed by atoms with Crippen molar-refractivity contribution >= 4 is 0 Å². The third-order valence-electron chi connectivity index (χ3n) is 5.15. The van der Waals surface area contributed by atoms with E-state index in [1.54, 1.807) is 0 Å². The van der Waals surface area contributed by atoms with Crippen molar-refractivity contribution in [3.63, 3.8) is 0 Å². The lowest BCUT2D eigenvalue weighted by molar-refractivity contribution is 0.0215. The summed E-state index contributed by atoms with van der Waals surface area (Å²) in [7, 11) is 2.01. The number of nitrogens with zero attached hydrogens (tertiary/aromatic N) is 2. The quantitative estimate of drug-likeness (QED) is 0.385. The maximum Gasteiger partial charge on any atom is 0.0682 e. The molecule has 1 aliphatic carbocycles. The molecule has 24 heavy (non-hydrogen) atoms. The molecule has 2 atom stereocenters. The molecular formula is C18H40N4O2. The van der Waals surface area contributed by atoms with Gasteiger partial charge in [0.15, 0.2) is 0 Å². The molecule has 0 aromatic rings. The van der Waals surface area contributed by atoms with E-state index >= 15 is 0 Å². The first-order valence-corrected chi connectivity index (χ1v) is 9.75. The first-order valence-electron chi connectivity index (χ1n) is 9.75. The second kappa shape index (κ2) is 13.0. The van der Waals surface area contributed by atoms with Crippen molar-refractivity contribution in [2.45, 2.75) is 69.6 Å². The minimum Gasteiger partial charge on any atom is -0.395 e. The van der Waals surface area contributed by atoms with Gasteiger partial charge in [0.2, 0.25) is 0 Å². The first-order chi connectivity index (χ1) is 11.6. The van der Waals surface area contributed by atoms with E-state index in [0.717, 1.165) is 25.9 Å². The summed E-state index contributed by atoms with van der Waals surface area (Å²) in [5.41, 5.74) is 11.2. The lowest BCUT2D eigenvalue weighted by Gasteiger charge is -2.40. The van der Waals surface area contributed by atoms with Gasteiger partial charge in [-0.1, -0.05) is 19.3 Å². The van der Waals surface area contributed by atoms with Gasteiger partial charge in [-0.25, -0.2) is 0 Å². The van der Waals surface area contributed by atoms with Crippen LogP contribution < -0.4 is 11.5 Å². The Hall–Kier alpha value is -0.240. The lowest BCUT2D eigenvalue weighted by atomic mass is 9.92. The standard InChI is InChI=1S/C18H40N4O2/c1-21(11-5-9-19)14-18(24)13-17(15-23)22(12-6-10-20)16-7-3-2-4-8-16/h16-18,23-24H,2-15,19-20H2,1H3. The minimum absolute atomic E-state index is 0.0255. The molecular weight excluding hydrogens is 304 g/mol. The van der Waals surface area contributed by atoms with Crippen LogP contribution in [0.25, 0.3) is 0 Å². The van der Waals surface area contributed by atoms with Crippen molar-refractivity contribution in [2.24, 2.45) is 11.5 Å². The fourth-order valence-corrected chi connectivity index (χ4v) is 3.87. The Labute approximate surface area is 148 Å². The fraction of sp³-hybridized carbons (Fsp3) is 1.00. The molecule has 2 unspecified atom stereocenters. The zero-order chi connectivity index (χ0) is 17.8. The van der Waals surface area contributed by atoms with Gasteiger partial charge in [-0.3, -0.25) is 4.90 Å². The maximum atomic E-state index is 10.5. The SMILES string of the molecule is CN(CCCN)CC(O)CC(CO)N(CCCN)C1CCCCC1. The molecule has 0 aliphatic heterocycles. The van der Waals surface area contributed by atoms with Gasteiger partial charge in [0, 0.05) is 25.2 Å². The van der Waals surface area contributed by atoms with Crippen LogP contribution >= 0.6 is 0 Å². The number of nitrogens with two attached hydrogens (primary N) is 2. The number of likely N-dealkylation sites (N-methyl/N-ethyl adjacent to an activating group) is 1. The second-order valence-corrected chi connectivity index (χ2v) is 7.30. The number of hydrogen-bond donors (Lipinski definition) is 4. The van der Waals surface area contributed by atoms with Crippen LogP contribution in [-0.2, 0) is 0 Å². The van der Waals surface area contributed by atoms with Crippen LogP contribution in [0.2, 0.25) is 0 Å². The highest BCUT2D eigenvalue weighted by molar-refractivity contribution is 4.83. The molecule has 1 rings (SSSR count). The van der Waals surface area contributed by atoms with Crippen molar-refractivity contribution < 1.29 is 10.2 Å². The van der Waals surface area contributed by atoms with Gasteiger partial charge in [-0.2, -0.15) is 0 Å². The van der Waals surface area contributed by atoms with E-state index in [4.69, 9.17) is 11.5 Å². The van der Waals surface area contributed by atoms with Crippen LogP contribution in [-0.4, -0.2) is 84.6 Å². The van der Waals surface area contributed by atoms with Crippen molar-refractivity contribution in [1.82, 2.24) is 9.80 Å². The average molecular weight is 345 g/mol. The Bertz CT molecular complexity index is 301. The van der Waals surface area contributed by atoms with Crippen molar-refractivity contribution in [1.29, 1.82) is 0 Å². The zero-order valence-electron chi connectivity index (χ0n) is 15.6. The van der Waals surface area contributed by atoms with Gasteiger partial charge in [0.1, 0.15) is 0 Å². The Morgan fingerprint density at radius 2 is 1.67 bits per heavy atom. The third-order valence-corrected chi connectivity index (χ3v) is 5.15. The van der Waals surface area contributed by atoms with Crippen LogP contribution in [0.4, 0.5) is 0 Å². The van der Waals surface area contributed by atoms with E-state index in [2.05, 4.69) is 9.80 Å². The van der Waals surface area contributed by atoms with Crippen molar-refractivity contribution in [3.8, 4) is 0 Å². The highest BCUT2D eigenvalue weighted by atomic mass is 16.3. The van der Waals surface area contributed by atoms with Gasteiger partial charge in [0.05, 0.1) is 12.7 Å². The van der Waals surface area contributed by atoms with E-state index in [1.165, 1.54) is 32.1 Å². The Morgan fingerprint density at radius 3 is 2.25 bits per heavy atom. The highest BCUT2D eigenvalue weighted by Crippen LogP contribution is 2.25. The summed E-state index contributed by atoms with van der Waals surface area (Å²) in [6.45, 7) is 3.90. The largest absolute Gasteiger partial charge is 0.395 e. The third kappa shape index (κ3) is 8.23. The summed E-state index contributed by atoms with van der Waals surface area (Å²) in [6.07, 6.45) is 8.34. The monoisotopic (exact) mass is 344 g/mol. The highest BCUT2D eigenvalue weighted by Gasteiger charge is 2.28. The molecule has 6 N–H and O–H groups in total. The molecule has 1 fully saturated rings. The van der Waals surface area contributed by atoms with Crippen LogP contribution in [0.5, 0.6) is 0 Å². The predicted octanol–water partition coefficient (Wildman–Crippen LogP) is 0.362. The van der Waals surface area contributed by atoms with Crippen LogP contribution in [0.3, 0.4) is 0 Å². The van der Waals surface area contributed by atoms with E-state index in [-0.39, 0.29) is 12.6 Å². The van der Waals surface area contributed by atoms with Gasteiger partial charge >= 0.3 is 0 Å². The van der Waals surface area contributed by atoms with E-state index < -0.39 is 6.10 Å². The summed E-state index contributed by atoms with van der Waals surface area (Å²) in [5, 5.41) is 20.4. The number of rotatable bonds is 13. The van der Waals surface area contributed by atoms with Crippen LogP contribution in [0.15, 0.2) is 0 Å². The van der Waals surface area contributed by atoms with Gasteiger partial charge < -0.3 is 26.6 Å². The molecule has 1 saturated carbocycles. The van der Waals surface area contributed by atoms with Crippen molar-refractivity contribution in [2.75, 3.05) is 46.4 Å². The Morgan fingerprint density at radius 1 is 1.04 bits per heavy atom. The van der Waals surface area contributed by atoms with Gasteiger partial charge in [-0.05, 0) is 58.8 Å². The molecule has 0 heterocycles. The summed E-state index contributed by atoms with van der Waals surface area (Å²) in [4.78, 5) is 4.55. The summed E-state index contributed by atoms with van der Waals surface area (Å²) < 4.78 is 0. The molecule has 0 spiro atoms. The Balaban J connectivity index is 2.56. The number of aliphatic hydroxyl groups excluding tert-OH is 2. The van der Waals surface area contributed by atoms with Crippen LogP contribution in [0.1, 0.15) is 51.4 Å². The van der Waals surface area contributed by atoms with E-state index in [0.29, 0.717) is 32.1 Å². The van der Waals surface area contributed by atoms with Gasteiger partial charge in [-0.15, -0.1) is 0 Å². The van der Waals surface area contributed by atoms with E-state index in [9.17, 15) is 10.2 Å². The fourth-order valence-electron chi connectivity index (χ4n) is 3.87. The maximum absolute atomic E-state index is 10.5. The molecule has 144 valence electrons. The smallest absolute Gasteiger partial charge is 0.0682 e. The summed E-state index contributed by atoms with van der Waals surface area (Å²) >= 11 is 0. The topological polar surface area (TPSA) is 99.0 Å². The predicted molar refractivity (Wildman–Crippen MR) is 99.9 cm³/mol. The molecule has 0 saturated heterocycles. The molecule has 6 heteroatoms. The molecule has 0 aromatic carbocycles. The van der Waals surface area contributed by atoms with Gasteiger partial charge in [0.25, 0.3) is 0 Å². The van der Waals surface area contributed by atoms with E-state index in [1.807, 2.05) is 7.05 Å². The molecule has 6 nitrogen and oxygen atoms in total. The second-order valence-electron chi connectivity index (χ2n) is 7.30. The summed E-state index contributed by atoms with van der Waals surface area (Å²) in [6, 6.07) is 0.558. The molecule has 0 amide bonds. The molecule has 1 aliphatic rings. The summed E-state index contributed by atoms with van der Waals surface area (Å²) in [5.74, 6) is 0. The van der Waals surface area contributed by atoms with Crippen molar-refractivity contribution in [3.05, 3.63) is 0 Å². The van der Waals surface area contributed by atoms with Crippen LogP contribution in [0, 0.1) is 0 Å². The molecule has 0 radical (unpaired) electrons. The Kier molecular flexibility index (Phi) is 11.8. The zero-order valence-corrected chi connectivity index (χ0v) is 15.6. The molecule has 0 bridgehead atoms. The normalized spacial score (nSPS) is 19.1. The first kappa shape index (κ1) is 21.8.